The van der Waals surface area contributed by atoms with Gasteiger partial charge in [-0.25, -0.2) is 4.98 Å². The zero-order valence-corrected chi connectivity index (χ0v) is 13.0. The first kappa shape index (κ1) is 14.8. The summed E-state index contributed by atoms with van der Waals surface area (Å²) in [5.74, 6) is 1.75. The second-order valence-electron chi connectivity index (χ2n) is 5.98. The fraction of sp³-hybridized carbons (Fsp3) is 0.444. The molecule has 0 spiro atoms. The minimum absolute atomic E-state index is 0.720. The lowest BCUT2D eigenvalue weighted by Crippen LogP contribution is -2.35. The molecule has 0 bridgehead atoms. The highest BCUT2D eigenvalue weighted by molar-refractivity contribution is 5.86. The molecule has 114 valence electrons. The number of benzene rings is 1. The average molecular weight is 294 g/mol. The maximum absolute atomic E-state index is 9.39. The molecule has 1 aromatic carbocycles. The summed E-state index contributed by atoms with van der Waals surface area (Å²) < 4.78 is 0. The summed E-state index contributed by atoms with van der Waals surface area (Å²) in [5.41, 5.74) is 1.63. The number of para-hydroxylation sites is 1. The van der Waals surface area contributed by atoms with Gasteiger partial charge in [0.15, 0.2) is 0 Å². The summed E-state index contributed by atoms with van der Waals surface area (Å²) in [5, 5.41) is 13.6. The van der Waals surface area contributed by atoms with Crippen LogP contribution in [0.1, 0.15) is 24.8 Å². The van der Waals surface area contributed by atoms with E-state index in [-0.39, 0.29) is 0 Å². The number of piperidine rings is 1. The Labute approximate surface area is 131 Å². The molecule has 2 heterocycles. The van der Waals surface area contributed by atoms with Crippen molar-refractivity contribution < 1.29 is 0 Å². The van der Waals surface area contributed by atoms with Gasteiger partial charge in [-0.05, 0) is 50.9 Å². The van der Waals surface area contributed by atoms with Gasteiger partial charge in [0.25, 0.3) is 0 Å². The van der Waals surface area contributed by atoms with Crippen LogP contribution in [0.25, 0.3) is 10.9 Å². The molecule has 1 aliphatic heterocycles. The minimum Gasteiger partial charge on any atom is -0.357 e. The molecule has 4 heteroatoms. The Hall–Kier alpha value is -2.12. The van der Waals surface area contributed by atoms with Crippen molar-refractivity contribution in [3.63, 3.8) is 0 Å². The van der Waals surface area contributed by atoms with Gasteiger partial charge in [0.1, 0.15) is 5.82 Å². The quantitative estimate of drug-likeness (QED) is 0.942. The molecule has 1 aromatic heterocycles. The summed E-state index contributed by atoms with van der Waals surface area (Å²) in [6, 6.07) is 12.1. The standard InChI is InChI=1S/C18H22N4/c1-20-9-6-14-7-10-22(11-8-14)18-12-15(13-19)16-4-2-3-5-17(16)21-18/h2-5,12,14,20H,6-11H2,1H3. The first-order valence-corrected chi connectivity index (χ1v) is 8.01. The number of hydrogen-bond donors (Lipinski definition) is 1. The normalized spacial score (nSPS) is 15.9. The van der Waals surface area contributed by atoms with Crippen LogP contribution in [0.15, 0.2) is 30.3 Å². The molecule has 1 aliphatic rings. The molecular weight excluding hydrogens is 272 g/mol. The third kappa shape index (κ3) is 3.05. The Morgan fingerprint density at radius 1 is 1.32 bits per heavy atom. The van der Waals surface area contributed by atoms with Gasteiger partial charge < -0.3 is 10.2 Å². The SMILES string of the molecule is CNCCC1CCN(c2cc(C#N)c3ccccc3n2)CC1. The monoisotopic (exact) mass is 294 g/mol. The van der Waals surface area contributed by atoms with Crippen LogP contribution in [0.3, 0.4) is 0 Å². The maximum atomic E-state index is 9.39. The lowest BCUT2D eigenvalue weighted by Gasteiger charge is -2.33. The van der Waals surface area contributed by atoms with Crippen LogP contribution < -0.4 is 10.2 Å². The van der Waals surface area contributed by atoms with E-state index in [0.29, 0.717) is 0 Å². The van der Waals surface area contributed by atoms with Crippen molar-refractivity contribution in [2.75, 3.05) is 31.6 Å². The first-order chi connectivity index (χ1) is 10.8. The lowest BCUT2D eigenvalue weighted by molar-refractivity contribution is 0.377. The van der Waals surface area contributed by atoms with Crippen LogP contribution in [0.5, 0.6) is 0 Å². The van der Waals surface area contributed by atoms with E-state index in [2.05, 4.69) is 16.3 Å². The fourth-order valence-electron chi connectivity index (χ4n) is 3.22. The molecule has 4 nitrogen and oxygen atoms in total. The van der Waals surface area contributed by atoms with Crippen LogP contribution in [0.4, 0.5) is 5.82 Å². The van der Waals surface area contributed by atoms with E-state index in [9.17, 15) is 5.26 Å². The Balaban J connectivity index is 1.79. The van der Waals surface area contributed by atoms with Crippen molar-refractivity contribution >= 4 is 16.7 Å². The minimum atomic E-state index is 0.720. The smallest absolute Gasteiger partial charge is 0.130 e. The lowest BCUT2D eigenvalue weighted by atomic mass is 9.93. The molecular formula is C18H22N4. The highest BCUT2D eigenvalue weighted by atomic mass is 15.2. The highest BCUT2D eigenvalue weighted by Crippen LogP contribution is 2.27. The summed E-state index contributed by atoms with van der Waals surface area (Å²) >= 11 is 0. The number of nitrogens with zero attached hydrogens (tertiary/aromatic N) is 3. The first-order valence-electron chi connectivity index (χ1n) is 8.01. The van der Waals surface area contributed by atoms with Crippen LogP contribution in [0, 0.1) is 17.2 Å². The zero-order valence-electron chi connectivity index (χ0n) is 13.0. The molecule has 1 N–H and O–H groups in total. The molecule has 0 unspecified atom stereocenters. The van der Waals surface area contributed by atoms with Gasteiger partial charge in [-0.1, -0.05) is 18.2 Å². The number of nitrogens with one attached hydrogen (secondary N) is 1. The van der Waals surface area contributed by atoms with Gasteiger partial charge in [0, 0.05) is 18.5 Å². The molecule has 1 fully saturated rings. The third-order valence-electron chi connectivity index (χ3n) is 4.56. The van der Waals surface area contributed by atoms with E-state index in [1.165, 1.54) is 19.3 Å². The number of pyridine rings is 1. The van der Waals surface area contributed by atoms with E-state index in [4.69, 9.17) is 4.98 Å². The summed E-state index contributed by atoms with van der Waals surface area (Å²) in [4.78, 5) is 7.08. The number of rotatable bonds is 4. The van der Waals surface area contributed by atoms with Crippen LogP contribution >= 0.6 is 0 Å². The second kappa shape index (κ2) is 6.76. The predicted molar refractivity (Wildman–Crippen MR) is 89.9 cm³/mol. The van der Waals surface area contributed by atoms with E-state index in [1.807, 2.05) is 37.4 Å². The number of nitriles is 1. The Morgan fingerprint density at radius 3 is 2.82 bits per heavy atom. The summed E-state index contributed by atoms with van der Waals surface area (Å²) in [7, 11) is 2.01. The van der Waals surface area contributed by atoms with Crippen molar-refractivity contribution in [3.05, 3.63) is 35.9 Å². The van der Waals surface area contributed by atoms with Gasteiger partial charge in [-0.2, -0.15) is 5.26 Å². The molecule has 0 amide bonds. The molecule has 22 heavy (non-hydrogen) atoms. The van der Waals surface area contributed by atoms with Gasteiger partial charge in [-0.3, -0.25) is 0 Å². The zero-order chi connectivity index (χ0) is 15.4. The number of hydrogen-bond acceptors (Lipinski definition) is 4. The van der Waals surface area contributed by atoms with Gasteiger partial charge in [-0.15, -0.1) is 0 Å². The topological polar surface area (TPSA) is 52.0 Å². The number of aromatic nitrogens is 1. The molecule has 0 radical (unpaired) electrons. The summed E-state index contributed by atoms with van der Waals surface area (Å²) in [6.45, 7) is 3.16. The summed E-state index contributed by atoms with van der Waals surface area (Å²) in [6.07, 6.45) is 3.66. The molecule has 2 aromatic rings. The van der Waals surface area contributed by atoms with Crippen molar-refractivity contribution in [3.8, 4) is 6.07 Å². The van der Waals surface area contributed by atoms with E-state index in [1.54, 1.807) is 0 Å². The molecule has 0 aliphatic carbocycles. The molecule has 3 rings (SSSR count). The van der Waals surface area contributed by atoms with Gasteiger partial charge in [0.05, 0.1) is 17.1 Å². The van der Waals surface area contributed by atoms with Crippen molar-refractivity contribution in [1.82, 2.24) is 10.3 Å². The number of fused-ring (bicyclic) bond motifs is 1. The van der Waals surface area contributed by atoms with Crippen LogP contribution in [0.2, 0.25) is 0 Å². The predicted octanol–water partition coefficient (Wildman–Crippen LogP) is 2.93. The van der Waals surface area contributed by atoms with E-state index >= 15 is 0 Å². The van der Waals surface area contributed by atoms with Gasteiger partial charge in [0.2, 0.25) is 0 Å². The van der Waals surface area contributed by atoms with Crippen molar-refractivity contribution in [2.24, 2.45) is 5.92 Å². The van der Waals surface area contributed by atoms with Crippen LogP contribution in [-0.4, -0.2) is 31.7 Å². The van der Waals surface area contributed by atoms with E-state index in [0.717, 1.165) is 47.8 Å². The molecule has 1 saturated heterocycles. The van der Waals surface area contributed by atoms with Crippen molar-refractivity contribution in [2.45, 2.75) is 19.3 Å². The Kier molecular flexibility index (Phi) is 4.55. The fourth-order valence-corrected chi connectivity index (χ4v) is 3.22. The highest BCUT2D eigenvalue weighted by Gasteiger charge is 2.20. The Bertz CT molecular complexity index is 681. The van der Waals surface area contributed by atoms with Gasteiger partial charge >= 0.3 is 0 Å². The Morgan fingerprint density at radius 2 is 2.09 bits per heavy atom. The largest absolute Gasteiger partial charge is 0.357 e. The molecule has 0 atom stereocenters. The average Bonchev–Trinajstić information content (AvgIpc) is 2.59. The maximum Gasteiger partial charge on any atom is 0.130 e. The van der Waals surface area contributed by atoms with Crippen molar-refractivity contribution in [1.29, 1.82) is 5.26 Å². The van der Waals surface area contributed by atoms with Crippen LogP contribution in [-0.2, 0) is 0 Å². The number of anilines is 1. The molecule has 0 saturated carbocycles. The third-order valence-corrected chi connectivity index (χ3v) is 4.56. The van der Waals surface area contributed by atoms with E-state index < -0.39 is 0 Å². The second-order valence-corrected chi connectivity index (χ2v) is 5.98.